The molecule has 0 amide bonds. The van der Waals surface area contributed by atoms with E-state index in [2.05, 4.69) is 20.6 Å². The number of aliphatic imine (C=N–C) groups is 1. The lowest BCUT2D eigenvalue weighted by atomic mass is 9.98. The minimum Gasteiger partial charge on any atom is -0.361 e. The van der Waals surface area contributed by atoms with Crippen molar-refractivity contribution >= 4 is 50.9 Å². The Morgan fingerprint density at radius 2 is 2.03 bits per heavy atom. The van der Waals surface area contributed by atoms with Crippen LogP contribution in [0.2, 0.25) is 0 Å². The maximum atomic E-state index is 13.3. The summed E-state index contributed by atoms with van der Waals surface area (Å²) in [6.45, 7) is 5.33. The zero-order valence-corrected chi connectivity index (χ0v) is 20.6. The third-order valence-electron chi connectivity index (χ3n) is 5.31. The SMILES string of the molecule is CCNC(=NCC1CCN(S(C)(=O)=O)CC1)NCCc1c[nH]c2cc(F)ccc12.I. The number of rotatable bonds is 7. The summed E-state index contributed by atoms with van der Waals surface area (Å²) in [6, 6.07) is 4.79. The van der Waals surface area contributed by atoms with Gasteiger partial charge in [-0.1, -0.05) is 0 Å². The number of halogens is 2. The number of aromatic nitrogens is 1. The van der Waals surface area contributed by atoms with Crippen LogP contribution < -0.4 is 10.6 Å². The van der Waals surface area contributed by atoms with Gasteiger partial charge in [-0.25, -0.2) is 17.1 Å². The van der Waals surface area contributed by atoms with Gasteiger partial charge in [0.2, 0.25) is 10.0 Å². The van der Waals surface area contributed by atoms with Gasteiger partial charge in [0.15, 0.2) is 5.96 Å². The van der Waals surface area contributed by atoms with E-state index in [1.807, 2.05) is 13.1 Å². The number of benzene rings is 1. The average molecular weight is 551 g/mol. The van der Waals surface area contributed by atoms with Gasteiger partial charge in [-0.15, -0.1) is 24.0 Å². The Hall–Kier alpha value is -1.40. The van der Waals surface area contributed by atoms with Crippen LogP contribution in [0.15, 0.2) is 29.4 Å². The summed E-state index contributed by atoms with van der Waals surface area (Å²) in [5, 5.41) is 7.64. The minimum atomic E-state index is -3.09. The first kappa shape index (κ1) is 24.9. The number of nitrogens with zero attached hydrogens (tertiary/aromatic N) is 2. The molecule has 1 aromatic heterocycles. The van der Waals surface area contributed by atoms with Gasteiger partial charge in [0.25, 0.3) is 0 Å². The van der Waals surface area contributed by atoms with E-state index in [0.29, 0.717) is 32.1 Å². The predicted molar refractivity (Wildman–Crippen MR) is 130 cm³/mol. The van der Waals surface area contributed by atoms with Crippen LogP contribution in [0.25, 0.3) is 10.9 Å². The van der Waals surface area contributed by atoms with Crippen molar-refractivity contribution in [1.29, 1.82) is 0 Å². The highest BCUT2D eigenvalue weighted by atomic mass is 127. The Labute approximate surface area is 195 Å². The van der Waals surface area contributed by atoms with Gasteiger partial charge in [-0.05, 0) is 55.9 Å². The molecular formula is C20H31FIN5O2S. The third kappa shape index (κ3) is 6.81. The van der Waals surface area contributed by atoms with E-state index in [1.54, 1.807) is 10.4 Å². The number of hydrogen-bond donors (Lipinski definition) is 3. The van der Waals surface area contributed by atoms with Gasteiger partial charge < -0.3 is 15.6 Å². The van der Waals surface area contributed by atoms with Crippen molar-refractivity contribution in [1.82, 2.24) is 19.9 Å². The van der Waals surface area contributed by atoms with Gasteiger partial charge in [0, 0.05) is 49.8 Å². The Morgan fingerprint density at radius 3 is 2.70 bits per heavy atom. The van der Waals surface area contributed by atoms with E-state index in [0.717, 1.165) is 48.2 Å². The molecule has 168 valence electrons. The molecule has 1 aromatic carbocycles. The van der Waals surface area contributed by atoms with Crippen LogP contribution in [0.5, 0.6) is 0 Å². The fourth-order valence-corrected chi connectivity index (χ4v) is 4.54. The average Bonchev–Trinajstić information content (AvgIpc) is 3.07. The lowest BCUT2D eigenvalue weighted by molar-refractivity contribution is 0.280. The first-order chi connectivity index (χ1) is 13.9. The normalized spacial score (nSPS) is 16.4. The van der Waals surface area contributed by atoms with Gasteiger partial charge in [0.05, 0.1) is 6.26 Å². The first-order valence-electron chi connectivity index (χ1n) is 10.1. The summed E-state index contributed by atoms with van der Waals surface area (Å²) < 4.78 is 38.1. The fraction of sp³-hybridized carbons (Fsp3) is 0.550. The Kier molecular flexibility index (Phi) is 9.35. The van der Waals surface area contributed by atoms with Crippen LogP contribution in [0, 0.1) is 11.7 Å². The van der Waals surface area contributed by atoms with Crippen LogP contribution in [-0.2, 0) is 16.4 Å². The van der Waals surface area contributed by atoms with E-state index in [4.69, 9.17) is 0 Å². The van der Waals surface area contributed by atoms with Crippen molar-refractivity contribution in [3.8, 4) is 0 Å². The molecule has 10 heteroatoms. The van der Waals surface area contributed by atoms with Gasteiger partial charge in [-0.2, -0.15) is 0 Å². The molecule has 0 unspecified atom stereocenters. The second kappa shape index (κ2) is 11.3. The molecule has 30 heavy (non-hydrogen) atoms. The molecule has 1 fully saturated rings. The van der Waals surface area contributed by atoms with Crippen LogP contribution in [0.3, 0.4) is 0 Å². The number of fused-ring (bicyclic) bond motifs is 1. The van der Waals surface area contributed by atoms with Crippen LogP contribution >= 0.6 is 24.0 Å². The van der Waals surface area contributed by atoms with Crippen LogP contribution in [0.1, 0.15) is 25.3 Å². The Balaban J connectivity index is 0.00000320. The summed E-state index contributed by atoms with van der Waals surface area (Å²) in [5.74, 6) is 0.920. The first-order valence-corrected chi connectivity index (χ1v) is 11.9. The van der Waals surface area contributed by atoms with Crippen molar-refractivity contribution < 1.29 is 12.8 Å². The summed E-state index contributed by atoms with van der Waals surface area (Å²) in [6.07, 6.45) is 5.65. The molecule has 1 aliphatic heterocycles. The molecule has 3 rings (SSSR count). The molecule has 0 spiro atoms. The van der Waals surface area contributed by atoms with E-state index in [9.17, 15) is 12.8 Å². The topological polar surface area (TPSA) is 89.6 Å². The molecule has 0 aliphatic carbocycles. The predicted octanol–water partition coefficient (Wildman–Crippen LogP) is 2.69. The maximum absolute atomic E-state index is 13.3. The van der Waals surface area contributed by atoms with Crippen molar-refractivity contribution in [2.24, 2.45) is 10.9 Å². The van der Waals surface area contributed by atoms with Crippen molar-refractivity contribution in [3.05, 3.63) is 35.8 Å². The van der Waals surface area contributed by atoms with Crippen molar-refractivity contribution in [3.63, 3.8) is 0 Å². The van der Waals surface area contributed by atoms with Crippen molar-refractivity contribution in [2.45, 2.75) is 26.2 Å². The molecule has 0 radical (unpaired) electrons. The fourth-order valence-electron chi connectivity index (χ4n) is 3.67. The Morgan fingerprint density at radius 1 is 1.30 bits per heavy atom. The largest absolute Gasteiger partial charge is 0.361 e. The minimum absolute atomic E-state index is 0. The van der Waals surface area contributed by atoms with Gasteiger partial charge >= 0.3 is 0 Å². The molecule has 7 nitrogen and oxygen atoms in total. The number of H-pyrrole nitrogens is 1. The van der Waals surface area contributed by atoms with Crippen molar-refractivity contribution in [2.75, 3.05) is 39.0 Å². The zero-order valence-electron chi connectivity index (χ0n) is 17.4. The van der Waals surface area contributed by atoms with Crippen LogP contribution in [0.4, 0.5) is 4.39 Å². The highest BCUT2D eigenvalue weighted by Crippen LogP contribution is 2.20. The second-order valence-corrected chi connectivity index (χ2v) is 9.49. The Bertz CT molecular complexity index is 955. The highest BCUT2D eigenvalue weighted by Gasteiger charge is 2.24. The quantitative estimate of drug-likeness (QED) is 0.281. The molecule has 1 saturated heterocycles. The molecule has 3 N–H and O–H groups in total. The highest BCUT2D eigenvalue weighted by molar-refractivity contribution is 14.0. The maximum Gasteiger partial charge on any atom is 0.211 e. The number of aromatic amines is 1. The number of piperidine rings is 1. The standard InChI is InChI=1S/C20H30FN5O2S.HI/c1-3-22-20(25-13-15-7-10-26(11-8-15)29(2,27)28)23-9-6-16-14-24-19-12-17(21)4-5-18(16)19;/h4-5,12,14-15,24H,3,6-11,13H2,1-2H3,(H2,22,23,25);1H. The zero-order chi connectivity index (χ0) is 20.9. The number of guanidine groups is 1. The summed E-state index contributed by atoms with van der Waals surface area (Å²) in [5.41, 5.74) is 1.94. The molecule has 0 atom stereocenters. The molecule has 1 aliphatic rings. The molecule has 0 bridgehead atoms. The van der Waals surface area contributed by atoms with E-state index < -0.39 is 10.0 Å². The van der Waals surface area contributed by atoms with E-state index in [1.165, 1.54) is 18.4 Å². The van der Waals surface area contributed by atoms with Gasteiger partial charge in [-0.3, -0.25) is 4.99 Å². The number of sulfonamides is 1. The van der Waals surface area contributed by atoms with E-state index in [-0.39, 0.29) is 29.8 Å². The lowest BCUT2D eigenvalue weighted by Crippen LogP contribution is -2.40. The van der Waals surface area contributed by atoms with E-state index >= 15 is 0 Å². The number of nitrogens with one attached hydrogen (secondary N) is 3. The third-order valence-corrected chi connectivity index (χ3v) is 6.61. The molecule has 2 heterocycles. The smallest absolute Gasteiger partial charge is 0.211 e. The molecular weight excluding hydrogens is 520 g/mol. The van der Waals surface area contributed by atoms with Gasteiger partial charge in [0.1, 0.15) is 5.82 Å². The lowest BCUT2D eigenvalue weighted by Gasteiger charge is -2.29. The second-order valence-electron chi connectivity index (χ2n) is 7.51. The summed E-state index contributed by atoms with van der Waals surface area (Å²) >= 11 is 0. The number of hydrogen-bond acceptors (Lipinski definition) is 3. The monoisotopic (exact) mass is 551 g/mol. The molecule has 2 aromatic rings. The summed E-state index contributed by atoms with van der Waals surface area (Å²) in [4.78, 5) is 7.80. The molecule has 0 saturated carbocycles. The summed E-state index contributed by atoms with van der Waals surface area (Å²) in [7, 11) is -3.09. The van der Waals surface area contributed by atoms with Crippen LogP contribution in [-0.4, -0.2) is 62.6 Å².